The molecule has 2 rings (SSSR count). The van der Waals surface area contributed by atoms with Gasteiger partial charge in [0, 0.05) is 0 Å². The fraction of sp³-hybridized carbons (Fsp3) is 0. The van der Waals surface area contributed by atoms with Crippen LogP contribution in [-0.4, -0.2) is 7.25 Å². The molecule has 16 heavy (non-hydrogen) atoms. The zero-order valence-corrected chi connectivity index (χ0v) is 8.63. The maximum absolute atomic E-state index is 9.75. The van der Waals surface area contributed by atoms with Crippen LogP contribution >= 0.6 is 0 Å². The van der Waals surface area contributed by atoms with Gasteiger partial charge in [-0.2, -0.15) is 0 Å². The minimum atomic E-state index is -6.00. The van der Waals surface area contributed by atoms with E-state index in [0.717, 1.165) is 0 Å². The summed E-state index contributed by atoms with van der Waals surface area (Å²) in [6.45, 7) is 0. The summed E-state index contributed by atoms with van der Waals surface area (Å²) in [6.07, 6.45) is 0. The molecule has 0 atom stereocenters. The van der Waals surface area contributed by atoms with Crippen LogP contribution in [0.5, 0.6) is 0 Å². The van der Waals surface area contributed by atoms with Gasteiger partial charge in [0.2, 0.25) is 0 Å². The van der Waals surface area contributed by atoms with Crippen LogP contribution in [0.25, 0.3) is 10.8 Å². The second kappa shape index (κ2) is 6.62. The Kier molecular flexibility index (Phi) is 6.24. The van der Waals surface area contributed by atoms with Crippen molar-refractivity contribution in [2.24, 2.45) is 0 Å². The summed E-state index contributed by atoms with van der Waals surface area (Å²) in [7, 11) is -6.00. The van der Waals surface area contributed by atoms with Crippen molar-refractivity contribution in [3.05, 3.63) is 48.5 Å². The normalized spacial score (nSPS) is 10.0. The van der Waals surface area contributed by atoms with Crippen LogP contribution in [0, 0.1) is 6.07 Å². The molecule has 6 heteroatoms. The average Bonchev–Trinajstić information content (AvgIpc) is 2.16. The van der Waals surface area contributed by atoms with Gasteiger partial charge < -0.3 is 17.3 Å². The summed E-state index contributed by atoms with van der Waals surface area (Å²) in [5, 5.41) is 2.44. The fourth-order valence-corrected chi connectivity index (χ4v) is 1.06. The van der Waals surface area contributed by atoms with Gasteiger partial charge in [-0.15, -0.1) is 47.2 Å². The Balaban J connectivity index is 0.000000330. The van der Waals surface area contributed by atoms with Gasteiger partial charge in [0.25, 0.3) is 0 Å². The smallest absolute Gasteiger partial charge is 0.418 e. The number of rotatable bonds is 0. The summed E-state index contributed by atoms with van der Waals surface area (Å²) in [5.41, 5.74) is 0. The minimum Gasteiger partial charge on any atom is -0.418 e. The van der Waals surface area contributed by atoms with E-state index in [9.17, 15) is 17.3 Å². The zero-order chi connectivity index (χ0) is 11.3. The quantitative estimate of drug-likeness (QED) is 0.353. The van der Waals surface area contributed by atoms with Gasteiger partial charge in [-0.3, -0.25) is 0 Å². The van der Waals surface area contributed by atoms with Crippen LogP contribution < -0.4 is 18.9 Å². The molecule has 0 aliphatic rings. The first-order valence-electron chi connectivity index (χ1n) is 4.19. The molecular weight excluding hydrogens is 214 g/mol. The third-order valence-corrected chi connectivity index (χ3v) is 1.57. The molecule has 0 aliphatic carbocycles. The molecule has 0 saturated heterocycles. The molecule has 0 N–H and O–H groups in total. The van der Waals surface area contributed by atoms with Crippen LogP contribution in [0.1, 0.15) is 0 Å². The molecule has 0 radical (unpaired) electrons. The van der Waals surface area contributed by atoms with Crippen LogP contribution in [-0.2, 0) is 0 Å². The summed E-state index contributed by atoms with van der Waals surface area (Å²) in [6, 6.07) is 17.4. The Labute approximate surface area is 103 Å². The van der Waals surface area contributed by atoms with E-state index in [1.165, 1.54) is 10.8 Å². The van der Waals surface area contributed by atoms with E-state index in [0.29, 0.717) is 0 Å². The maximum atomic E-state index is 9.75. The summed E-state index contributed by atoms with van der Waals surface area (Å²) in [4.78, 5) is 0. The molecule has 0 aliphatic heterocycles. The van der Waals surface area contributed by atoms with Gasteiger partial charge in [-0.05, 0) is 0 Å². The van der Waals surface area contributed by atoms with Crippen molar-refractivity contribution in [1.82, 2.24) is 0 Å². The van der Waals surface area contributed by atoms with Crippen molar-refractivity contribution in [1.29, 1.82) is 0 Å². The predicted molar refractivity (Wildman–Crippen MR) is 53.0 cm³/mol. The van der Waals surface area contributed by atoms with Crippen LogP contribution in [0.15, 0.2) is 42.5 Å². The van der Waals surface area contributed by atoms with Crippen molar-refractivity contribution in [2.45, 2.75) is 0 Å². The number of fused-ring (bicyclic) bond motifs is 1. The molecule has 0 aromatic heterocycles. The second-order valence-corrected chi connectivity index (χ2v) is 2.75. The molecule has 0 saturated carbocycles. The average molecular weight is 221 g/mol. The summed E-state index contributed by atoms with van der Waals surface area (Å²) in [5.74, 6) is 0. The molecule has 80 valence electrons. The van der Waals surface area contributed by atoms with Crippen molar-refractivity contribution < 1.29 is 36.1 Å². The molecule has 0 unspecified atom stereocenters. The number of hydrogen-bond acceptors (Lipinski definition) is 0. The molecule has 0 amide bonds. The molecule has 0 heterocycles. The molecular formula is C10H7BF4Li-. The first-order valence-corrected chi connectivity index (χ1v) is 4.19. The van der Waals surface area contributed by atoms with Crippen molar-refractivity contribution in [3.63, 3.8) is 0 Å². The van der Waals surface area contributed by atoms with Gasteiger partial charge in [0.1, 0.15) is 0 Å². The Morgan fingerprint density at radius 1 is 0.875 bits per heavy atom. The topological polar surface area (TPSA) is 0 Å². The van der Waals surface area contributed by atoms with Gasteiger partial charge in [0.05, 0.1) is 0 Å². The molecule has 2 aromatic rings. The first kappa shape index (κ1) is 15.1. The van der Waals surface area contributed by atoms with E-state index in [1.54, 1.807) is 0 Å². The zero-order valence-electron chi connectivity index (χ0n) is 8.63. The standard InChI is InChI=1S/C10H7.BF4.Li/c1-2-6-10-8-4-3-7-9(10)5-1;2-1(3,4)5;/h1-7H;;/q2*-1;+1. The Morgan fingerprint density at radius 2 is 1.38 bits per heavy atom. The van der Waals surface area contributed by atoms with Crippen LogP contribution in [0.3, 0.4) is 0 Å². The van der Waals surface area contributed by atoms with Crippen molar-refractivity contribution in [3.8, 4) is 0 Å². The predicted octanol–water partition coefficient (Wildman–Crippen LogP) is 0.944. The fourth-order valence-electron chi connectivity index (χ4n) is 1.06. The van der Waals surface area contributed by atoms with E-state index in [2.05, 4.69) is 24.3 Å². The summed E-state index contributed by atoms with van der Waals surface area (Å²) < 4.78 is 39.0. The van der Waals surface area contributed by atoms with Crippen molar-refractivity contribution in [2.75, 3.05) is 0 Å². The van der Waals surface area contributed by atoms with E-state index < -0.39 is 7.25 Å². The van der Waals surface area contributed by atoms with Gasteiger partial charge >= 0.3 is 26.1 Å². The van der Waals surface area contributed by atoms with Crippen molar-refractivity contribution >= 4 is 18.0 Å². The largest absolute Gasteiger partial charge is 1.00 e. The van der Waals surface area contributed by atoms with Gasteiger partial charge in [-0.25, -0.2) is 0 Å². The number of benzene rings is 2. The van der Waals surface area contributed by atoms with Crippen LogP contribution in [0.2, 0.25) is 0 Å². The van der Waals surface area contributed by atoms with E-state index >= 15 is 0 Å². The second-order valence-electron chi connectivity index (χ2n) is 2.75. The monoisotopic (exact) mass is 221 g/mol. The van der Waals surface area contributed by atoms with Gasteiger partial charge in [-0.1, -0.05) is 12.1 Å². The first-order chi connectivity index (χ1) is 6.97. The van der Waals surface area contributed by atoms with E-state index in [-0.39, 0.29) is 18.9 Å². The Bertz CT molecular complexity index is 359. The molecule has 2 aromatic carbocycles. The van der Waals surface area contributed by atoms with E-state index in [4.69, 9.17) is 0 Å². The third kappa shape index (κ3) is 6.54. The maximum Gasteiger partial charge on any atom is 1.00 e. The SMILES string of the molecule is F[B-](F)(F)F.[Li+].[c-]1cccc2ccccc12. The van der Waals surface area contributed by atoms with Crippen LogP contribution in [0.4, 0.5) is 17.3 Å². The van der Waals surface area contributed by atoms with E-state index in [1.807, 2.05) is 24.3 Å². The Hall–Kier alpha value is -0.918. The minimum absolute atomic E-state index is 0. The summed E-state index contributed by atoms with van der Waals surface area (Å²) >= 11 is 0. The molecule has 0 spiro atoms. The number of hydrogen-bond donors (Lipinski definition) is 0. The Morgan fingerprint density at radius 3 is 1.94 bits per heavy atom. The van der Waals surface area contributed by atoms with Gasteiger partial charge in [0.15, 0.2) is 0 Å². The molecule has 0 bridgehead atoms. The number of halogens is 4. The third-order valence-electron chi connectivity index (χ3n) is 1.57. The molecule has 0 fully saturated rings. The molecule has 0 nitrogen and oxygen atoms in total.